The van der Waals surface area contributed by atoms with Crippen molar-refractivity contribution in [3.05, 3.63) is 199 Å². The fourth-order valence-electron chi connectivity index (χ4n) is 9.76. The van der Waals surface area contributed by atoms with Crippen LogP contribution in [0.5, 0.6) is 0 Å². The largest absolute Gasteiger partial charge is 0.333 e. The molecule has 2 unspecified atom stereocenters. The van der Waals surface area contributed by atoms with E-state index >= 15 is 0 Å². The van der Waals surface area contributed by atoms with Crippen molar-refractivity contribution in [2.24, 2.45) is 0 Å². The maximum absolute atomic E-state index is 2.56. The highest BCUT2D eigenvalue weighted by Crippen LogP contribution is 2.53. The topological polar surface area (TPSA) is 8.17 Å². The fraction of sp³-hybridized carbons (Fsp3) is 0.0980. The number of aromatic nitrogens is 1. The summed E-state index contributed by atoms with van der Waals surface area (Å²) in [6.45, 7) is 4.76. The number of fused-ring (bicyclic) bond motifs is 9. The molecule has 0 amide bonds. The Bertz CT molecular complexity index is 2830. The van der Waals surface area contributed by atoms with Crippen molar-refractivity contribution >= 4 is 33.2 Å². The van der Waals surface area contributed by atoms with Gasteiger partial charge >= 0.3 is 0 Å². The Labute approximate surface area is 310 Å². The lowest BCUT2D eigenvalue weighted by Crippen LogP contribution is -2.28. The van der Waals surface area contributed by atoms with E-state index < -0.39 is 0 Å². The van der Waals surface area contributed by atoms with Gasteiger partial charge in [-0.1, -0.05) is 153 Å². The van der Waals surface area contributed by atoms with Gasteiger partial charge in [-0.25, -0.2) is 0 Å². The van der Waals surface area contributed by atoms with Crippen molar-refractivity contribution in [3.63, 3.8) is 0 Å². The molecule has 0 saturated carbocycles. The Morgan fingerprint density at radius 1 is 0.472 bits per heavy atom. The van der Waals surface area contributed by atoms with Crippen LogP contribution in [0.25, 0.3) is 60.9 Å². The van der Waals surface area contributed by atoms with Crippen molar-refractivity contribution in [2.45, 2.75) is 31.2 Å². The number of para-hydroxylation sites is 2. The van der Waals surface area contributed by atoms with Crippen LogP contribution < -0.4 is 4.90 Å². The summed E-state index contributed by atoms with van der Waals surface area (Å²) in [7, 11) is 0. The Kier molecular flexibility index (Phi) is 6.46. The highest BCUT2D eigenvalue weighted by molar-refractivity contribution is 6.11. The molecule has 8 aromatic rings. The Balaban J connectivity index is 1.06. The summed E-state index contributed by atoms with van der Waals surface area (Å²) in [5.74, 6) is 0.275. The SMILES string of the molecule is CC1(C)c2ccccc2-c2cccc(-n3c4ccccc4c4cc(-c5ccc6c(c5)C5C=CC=CC5N6c5ccccc5-c5ccccc5)ccc43)c21. The molecular weight excluding hydrogens is 641 g/mol. The first-order valence-corrected chi connectivity index (χ1v) is 18.8. The molecule has 1 aliphatic heterocycles. The molecule has 2 heterocycles. The predicted octanol–water partition coefficient (Wildman–Crippen LogP) is 13.2. The standard InChI is InChI=1S/C51H38N2/c1-51(2)43-22-10-6-18-37(43)40-21-14-26-49(50(40)51)53-46-25-13-9-20-39(46)42-32-35(28-30-48(42)53)34-27-29-47-41(31-34)38-19-8-12-24-45(38)52(47)44-23-11-7-17-36(44)33-15-4-3-5-16-33/h3-32,38,45H,1-2H3. The summed E-state index contributed by atoms with van der Waals surface area (Å²) in [6.07, 6.45) is 9.17. The van der Waals surface area contributed by atoms with Crippen LogP contribution in [0.3, 0.4) is 0 Å². The molecule has 53 heavy (non-hydrogen) atoms. The van der Waals surface area contributed by atoms with E-state index in [1.165, 1.54) is 88.9 Å². The Morgan fingerprint density at radius 3 is 2.06 bits per heavy atom. The second-order valence-electron chi connectivity index (χ2n) is 15.3. The zero-order chi connectivity index (χ0) is 35.3. The molecule has 0 saturated heterocycles. The van der Waals surface area contributed by atoms with E-state index in [9.17, 15) is 0 Å². The molecule has 252 valence electrons. The average molecular weight is 679 g/mol. The van der Waals surface area contributed by atoms with Crippen molar-refractivity contribution in [1.29, 1.82) is 0 Å². The van der Waals surface area contributed by atoms with Crippen molar-refractivity contribution in [3.8, 4) is 39.1 Å². The number of allylic oxidation sites excluding steroid dienone is 2. The van der Waals surface area contributed by atoms with Gasteiger partial charge in [-0.2, -0.15) is 0 Å². The summed E-state index contributed by atoms with van der Waals surface area (Å²) < 4.78 is 2.51. The molecular formula is C51H38N2. The second kappa shape index (κ2) is 11.3. The van der Waals surface area contributed by atoms with Crippen LogP contribution in [0, 0.1) is 0 Å². The molecule has 0 bridgehead atoms. The number of anilines is 2. The highest BCUT2D eigenvalue weighted by atomic mass is 15.2. The van der Waals surface area contributed by atoms with E-state index in [0.717, 1.165) is 0 Å². The molecule has 3 aliphatic rings. The first kappa shape index (κ1) is 30.3. The lowest BCUT2D eigenvalue weighted by molar-refractivity contribution is 0.656. The minimum atomic E-state index is -0.110. The van der Waals surface area contributed by atoms with Gasteiger partial charge in [0.15, 0.2) is 0 Å². The average Bonchev–Trinajstić information content (AvgIpc) is 3.81. The van der Waals surface area contributed by atoms with Crippen molar-refractivity contribution in [2.75, 3.05) is 4.90 Å². The zero-order valence-electron chi connectivity index (χ0n) is 29.9. The van der Waals surface area contributed by atoms with Crippen LogP contribution in [-0.2, 0) is 5.41 Å². The number of hydrogen-bond acceptors (Lipinski definition) is 1. The maximum Gasteiger partial charge on any atom is 0.0629 e. The zero-order valence-corrected chi connectivity index (χ0v) is 29.9. The lowest BCUT2D eigenvalue weighted by atomic mass is 9.81. The van der Waals surface area contributed by atoms with Gasteiger partial charge in [0.05, 0.1) is 22.8 Å². The molecule has 0 spiro atoms. The Morgan fingerprint density at radius 2 is 1.15 bits per heavy atom. The summed E-state index contributed by atoms with van der Waals surface area (Å²) in [4.78, 5) is 2.56. The van der Waals surface area contributed by atoms with Crippen LogP contribution in [-0.4, -0.2) is 10.6 Å². The second-order valence-corrected chi connectivity index (χ2v) is 15.3. The number of rotatable bonds is 4. The molecule has 7 aromatic carbocycles. The molecule has 0 radical (unpaired) electrons. The van der Waals surface area contributed by atoms with E-state index in [1.807, 2.05) is 0 Å². The fourth-order valence-corrected chi connectivity index (χ4v) is 9.76. The van der Waals surface area contributed by atoms with E-state index in [-0.39, 0.29) is 17.4 Å². The van der Waals surface area contributed by atoms with Gasteiger partial charge in [-0.3, -0.25) is 0 Å². The maximum atomic E-state index is 2.56. The molecule has 2 heteroatoms. The van der Waals surface area contributed by atoms with E-state index in [2.05, 4.69) is 205 Å². The van der Waals surface area contributed by atoms with Crippen LogP contribution in [0.15, 0.2) is 182 Å². The van der Waals surface area contributed by atoms with Gasteiger partial charge in [0.2, 0.25) is 0 Å². The lowest BCUT2D eigenvalue weighted by Gasteiger charge is -2.30. The molecule has 11 rings (SSSR count). The third-order valence-corrected chi connectivity index (χ3v) is 12.1. The number of nitrogens with zero attached hydrogens (tertiary/aromatic N) is 2. The first-order valence-electron chi connectivity index (χ1n) is 18.8. The Hall–Kier alpha value is -6.38. The molecule has 2 aliphatic carbocycles. The van der Waals surface area contributed by atoms with Crippen molar-refractivity contribution in [1.82, 2.24) is 4.57 Å². The van der Waals surface area contributed by atoms with Gasteiger partial charge in [0, 0.05) is 39.0 Å². The van der Waals surface area contributed by atoms with E-state index in [1.54, 1.807) is 0 Å². The minimum Gasteiger partial charge on any atom is -0.333 e. The van der Waals surface area contributed by atoms with Gasteiger partial charge in [-0.05, 0) is 87.0 Å². The van der Waals surface area contributed by atoms with Crippen LogP contribution in [0.2, 0.25) is 0 Å². The quantitative estimate of drug-likeness (QED) is 0.180. The van der Waals surface area contributed by atoms with Crippen molar-refractivity contribution < 1.29 is 0 Å². The van der Waals surface area contributed by atoms with Gasteiger partial charge in [0.25, 0.3) is 0 Å². The van der Waals surface area contributed by atoms with Gasteiger partial charge in [-0.15, -0.1) is 0 Å². The normalized spacial score (nSPS) is 17.6. The summed E-state index contributed by atoms with van der Waals surface area (Å²) in [6, 6.07) is 58.8. The molecule has 2 atom stereocenters. The van der Waals surface area contributed by atoms with Crippen LogP contribution in [0.4, 0.5) is 11.4 Å². The minimum absolute atomic E-state index is 0.110. The monoisotopic (exact) mass is 678 g/mol. The smallest absolute Gasteiger partial charge is 0.0629 e. The van der Waals surface area contributed by atoms with Crippen LogP contribution in [0.1, 0.15) is 36.5 Å². The van der Waals surface area contributed by atoms with E-state index in [4.69, 9.17) is 0 Å². The third-order valence-electron chi connectivity index (χ3n) is 12.1. The van der Waals surface area contributed by atoms with Crippen LogP contribution >= 0.6 is 0 Å². The summed E-state index contributed by atoms with van der Waals surface area (Å²) >= 11 is 0. The van der Waals surface area contributed by atoms with Gasteiger partial charge in [0.1, 0.15) is 0 Å². The van der Waals surface area contributed by atoms with E-state index in [0.29, 0.717) is 0 Å². The molecule has 1 aromatic heterocycles. The third kappa shape index (κ3) is 4.33. The molecule has 2 nitrogen and oxygen atoms in total. The summed E-state index contributed by atoms with van der Waals surface area (Å²) in [5, 5.41) is 2.56. The number of benzene rings is 7. The molecule has 0 N–H and O–H groups in total. The molecule has 0 fully saturated rings. The highest BCUT2D eigenvalue weighted by Gasteiger charge is 2.39. The first-order chi connectivity index (χ1) is 26.1. The number of hydrogen-bond donors (Lipinski definition) is 0. The predicted molar refractivity (Wildman–Crippen MR) is 223 cm³/mol. The van der Waals surface area contributed by atoms with Gasteiger partial charge < -0.3 is 9.47 Å². The summed E-state index contributed by atoms with van der Waals surface area (Å²) in [5.41, 5.74) is 18.0.